The SMILES string of the molecule is CC1CN(C[Si](C)(C)Cc2cccc3ccccc23)CC(C)O1. The molecule has 0 aromatic heterocycles. The highest BCUT2D eigenvalue weighted by Crippen LogP contribution is 2.23. The lowest BCUT2D eigenvalue weighted by atomic mass is 10.1. The van der Waals surface area contributed by atoms with Crippen molar-refractivity contribution >= 4 is 18.8 Å². The topological polar surface area (TPSA) is 12.5 Å². The second-order valence-corrected chi connectivity index (χ2v) is 12.9. The first kappa shape index (κ1) is 16.7. The Balaban J connectivity index is 1.75. The smallest absolute Gasteiger partial charge is 0.0678 e. The van der Waals surface area contributed by atoms with Crippen LogP contribution in [0.25, 0.3) is 10.8 Å². The fraction of sp³-hybridized carbons (Fsp3) is 0.500. The summed E-state index contributed by atoms with van der Waals surface area (Å²) in [6, 6.07) is 16.8. The van der Waals surface area contributed by atoms with Crippen LogP contribution in [0.2, 0.25) is 13.1 Å². The van der Waals surface area contributed by atoms with Gasteiger partial charge in [0.25, 0.3) is 0 Å². The molecule has 1 heterocycles. The lowest BCUT2D eigenvalue weighted by Crippen LogP contribution is -2.52. The van der Waals surface area contributed by atoms with Crippen LogP contribution >= 0.6 is 0 Å². The third-order valence-electron chi connectivity index (χ3n) is 4.70. The highest BCUT2D eigenvalue weighted by Gasteiger charge is 2.29. The zero-order valence-electron chi connectivity index (χ0n) is 14.9. The number of ether oxygens (including phenoxy) is 1. The van der Waals surface area contributed by atoms with Crippen LogP contribution in [-0.4, -0.2) is 44.4 Å². The highest BCUT2D eigenvalue weighted by atomic mass is 28.3. The summed E-state index contributed by atoms with van der Waals surface area (Å²) in [5.74, 6) is 0. The quantitative estimate of drug-likeness (QED) is 0.777. The molecule has 2 nitrogen and oxygen atoms in total. The Bertz CT molecular complexity index is 654. The lowest BCUT2D eigenvalue weighted by molar-refractivity contribution is -0.0633. The molecule has 0 spiro atoms. The van der Waals surface area contributed by atoms with Gasteiger partial charge in [0, 0.05) is 13.1 Å². The minimum absolute atomic E-state index is 0.362. The monoisotopic (exact) mass is 327 g/mol. The van der Waals surface area contributed by atoms with Gasteiger partial charge in [-0.15, -0.1) is 0 Å². The molecule has 2 atom stereocenters. The Morgan fingerprint density at radius 2 is 1.65 bits per heavy atom. The number of hydrogen-bond donors (Lipinski definition) is 0. The molecule has 0 amide bonds. The van der Waals surface area contributed by atoms with Crippen LogP contribution in [-0.2, 0) is 10.8 Å². The molecule has 0 saturated carbocycles. The van der Waals surface area contributed by atoms with Crippen molar-refractivity contribution in [2.45, 2.75) is 45.2 Å². The number of benzene rings is 2. The maximum atomic E-state index is 5.88. The molecule has 23 heavy (non-hydrogen) atoms. The summed E-state index contributed by atoms with van der Waals surface area (Å²) < 4.78 is 5.88. The largest absolute Gasteiger partial charge is 0.373 e. The van der Waals surface area contributed by atoms with E-state index in [0.717, 1.165) is 13.1 Å². The molecule has 3 heteroatoms. The Hall–Kier alpha value is -1.16. The van der Waals surface area contributed by atoms with Crippen LogP contribution < -0.4 is 0 Å². The van der Waals surface area contributed by atoms with E-state index in [2.05, 4.69) is 74.3 Å². The molecule has 0 bridgehead atoms. The molecule has 0 radical (unpaired) electrons. The van der Waals surface area contributed by atoms with Crippen LogP contribution in [0.15, 0.2) is 42.5 Å². The van der Waals surface area contributed by atoms with Crippen molar-refractivity contribution in [2.24, 2.45) is 0 Å². The molecule has 0 N–H and O–H groups in total. The molecular weight excluding hydrogens is 298 g/mol. The molecule has 2 aromatic carbocycles. The molecule has 3 rings (SSSR count). The van der Waals surface area contributed by atoms with Crippen molar-refractivity contribution in [1.82, 2.24) is 4.90 Å². The van der Waals surface area contributed by atoms with E-state index in [0.29, 0.717) is 12.2 Å². The van der Waals surface area contributed by atoms with E-state index < -0.39 is 8.07 Å². The third-order valence-corrected chi connectivity index (χ3v) is 7.34. The zero-order valence-corrected chi connectivity index (χ0v) is 15.9. The van der Waals surface area contributed by atoms with Gasteiger partial charge in [0.15, 0.2) is 0 Å². The van der Waals surface area contributed by atoms with Crippen LogP contribution in [0.3, 0.4) is 0 Å². The molecular formula is C20H29NOSi. The number of rotatable bonds is 4. The van der Waals surface area contributed by atoms with Crippen molar-refractivity contribution in [3.05, 3.63) is 48.0 Å². The van der Waals surface area contributed by atoms with Crippen LogP contribution in [0, 0.1) is 0 Å². The van der Waals surface area contributed by atoms with Crippen molar-refractivity contribution < 1.29 is 4.74 Å². The Morgan fingerprint density at radius 1 is 1.00 bits per heavy atom. The normalized spacial score (nSPS) is 23.3. The fourth-order valence-corrected chi connectivity index (χ4v) is 6.96. The van der Waals surface area contributed by atoms with Crippen molar-refractivity contribution in [1.29, 1.82) is 0 Å². The summed E-state index contributed by atoms with van der Waals surface area (Å²) in [6.07, 6.45) is 1.98. The number of fused-ring (bicyclic) bond motifs is 1. The summed E-state index contributed by atoms with van der Waals surface area (Å²) in [6.45, 7) is 11.6. The van der Waals surface area contributed by atoms with Gasteiger partial charge in [-0.05, 0) is 42.4 Å². The highest BCUT2D eigenvalue weighted by molar-refractivity contribution is 6.77. The van der Waals surface area contributed by atoms with E-state index in [1.807, 2.05) is 0 Å². The molecule has 1 fully saturated rings. The van der Waals surface area contributed by atoms with Crippen LogP contribution in [0.1, 0.15) is 19.4 Å². The van der Waals surface area contributed by atoms with E-state index >= 15 is 0 Å². The first-order valence-electron chi connectivity index (χ1n) is 8.77. The van der Waals surface area contributed by atoms with Gasteiger partial charge < -0.3 is 9.64 Å². The van der Waals surface area contributed by atoms with E-state index in [1.54, 1.807) is 0 Å². The second-order valence-electron chi connectivity index (χ2n) is 7.93. The molecule has 0 aliphatic carbocycles. The molecule has 1 saturated heterocycles. The minimum Gasteiger partial charge on any atom is -0.373 e. The second kappa shape index (κ2) is 6.76. The Labute approximate surface area is 141 Å². The van der Waals surface area contributed by atoms with Crippen molar-refractivity contribution in [3.63, 3.8) is 0 Å². The van der Waals surface area contributed by atoms with E-state index in [4.69, 9.17) is 4.74 Å². The van der Waals surface area contributed by atoms with Crippen molar-refractivity contribution in [3.8, 4) is 0 Å². The zero-order chi connectivity index (χ0) is 16.4. The van der Waals surface area contributed by atoms with Gasteiger partial charge >= 0.3 is 0 Å². The van der Waals surface area contributed by atoms with Crippen LogP contribution in [0.4, 0.5) is 0 Å². The summed E-state index contributed by atoms with van der Waals surface area (Å²) in [5.41, 5.74) is 1.52. The average Bonchev–Trinajstić information content (AvgIpc) is 2.45. The van der Waals surface area contributed by atoms with E-state index in [1.165, 1.54) is 28.5 Å². The van der Waals surface area contributed by atoms with E-state index in [-0.39, 0.29) is 0 Å². The summed E-state index contributed by atoms with van der Waals surface area (Å²) in [4.78, 5) is 2.64. The molecule has 1 aliphatic rings. The van der Waals surface area contributed by atoms with E-state index in [9.17, 15) is 0 Å². The number of nitrogens with zero attached hydrogens (tertiary/aromatic N) is 1. The summed E-state index contributed by atoms with van der Waals surface area (Å²) in [7, 11) is -1.34. The molecule has 124 valence electrons. The number of morpholine rings is 1. The van der Waals surface area contributed by atoms with Crippen LogP contribution in [0.5, 0.6) is 0 Å². The first-order valence-corrected chi connectivity index (χ1v) is 12.2. The van der Waals surface area contributed by atoms with Gasteiger partial charge in [-0.2, -0.15) is 0 Å². The molecule has 2 aromatic rings. The maximum Gasteiger partial charge on any atom is 0.0678 e. The molecule has 1 aliphatic heterocycles. The number of hydrogen-bond acceptors (Lipinski definition) is 2. The van der Waals surface area contributed by atoms with Gasteiger partial charge in [0.2, 0.25) is 0 Å². The summed E-state index contributed by atoms with van der Waals surface area (Å²) >= 11 is 0. The van der Waals surface area contributed by atoms with Gasteiger partial charge in [-0.1, -0.05) is 55.6 Å². The Kier molecular flexibility index (Phi) is 4.90. The van der Waals surface area contributed by atoms with Gasteiger partial charge in [-0.3, -0.25) is 0 Å². The predicted molar refractivity (Wildman–Crippen MR) is 102 cm³/mol. The predicted octanol–water partition coefficient (Wildman–Crippen LogP) is 4.28. The summed E-state index contributed by atoms with van der Waals surface area (Å²) in [5, 5.41) is 2.79. The third kappa shape index (κ3) is 4.22. The molecule has 2 unspecified atom stereocenters. The van der Waals surface area contributed by atoms with Gasteiger partial charge in [0.1, 0.15) is 0 Å². The van der Waals surface area contributed by atoms with Crippen molar-refractivity contribution in [2.75, 3.05) is 19.3 Å². The first-order chi connectivity index (χ1) is 10.9. The fourth-order valence-electron chi connectivity index (χ4n) is 4.04. The average molecular weight is 328 g/mol. The maximum absolute atomic E-state index is 5.88. The van der Waals surface area contributed by atoms with Gasteiger partial charge in [0.05, 0.1) is 20.3 Å². The Morgan fingerprint density at radius 3 is 2.39 bits per heavy atom. The minimum atomic E-state index is -1.34. The lowest BCUT2D eigenvalue weighted by Gasteiger charge is -2.39. The standard InChI is InChI=1S/C20H29NOSi/c1-16-12-21(13-17(2)22-16)15-23(3,4)14-19-10-7-9-18-8-5-6-11-20(18)19/h5-11,16-17H,12-15H2,1-4H3. The van der Waals surface area contributed by atoms with Gasteiger partial charge in [-0.25, -0.2) is 0 Å².